The van der Waals surface area contributed by atoms with Crippen molar-refractivity contribution in [3.8, 4) is 0 Å². The predicted octanol–water partition coefficient (Wildman–Crippen LogP) is -0.824. The molecule has 0 amide bonds. The van der Waals surface area contributed by atoms with Gasteiger partial charge in [-0.05, 0) is 5.46 Å². The summed E-state index contributed by atoms with van der Waals surface area (Å²) in [6.07, 6.45) is 0.592. The van der Waals surface area contributed by atoms with Crippen LogP contribution in [0.4, 0.5) is 0 Å². The van der Waals surface area contributed by atoms with Gasteiger partial charge in [0.05, 0.1) is 0 Å². The number of aldehydes is 1. The minimum Gasteiger partial charge on any atom is -0.423 e. The first kappa shape index (κ1) is 11.5. The van der Waals surface area contributed by atoms with Crippen LogP contribution in [0.3, 0.4) is 0 Å². The van der Waals surface area contributed by atoms with Crippen molar-refractivity contribution in [2.45, 2.75) is 0 Å². The van der Waals surface area contributed by atoms with E-state index < -0.39 is 7.12 Å². The zero-order chi connectivity index (χ0) is 8.27. The molecule has 0 atom stereocenters. The van der Waals surface area contributed by atoms with E-state index in [9.17, 15) is 4.79 Å². The summed E-state index contributed by atoms with van der Waals surface area (Å²) in [6, 6.07) is 6.33. The molecule has 0 radical (unpaired) electrons. The van der Waals surface area contributed by atoms with Gasteiger partial charge in [-0.25, -0.2) is 0 Å². The van der Waals surface area contributed by atoms with E-state index in [4.69, 9.17) is 10.0 Å². The summed E-state index contributed by atoms with van der Waals surface area (Å²) in [6.45, 7) is 0. The number of hydrogen-bond acceptors (Lipinski definition) is 3. The Kier molecular flexibility index (Phi) is 4.98. The number of benzene rings is 1. The van der Waals surface area contributed by atoms with Gasteiger partial charge in [-0.3, -0.25) is 4.79 Å². The van der Waals surface area contributed by atoms with Crippen molar-refractivity contribution in [1.29, 1.82) is 0 Å². The van der Waals surface area contributed by atoms with Gasteiger partial charge in [0.25, 0.3) is 0 Å². The fourth-order valence-corrected chi connectivity index (χ4v) is 0.853. The van der Waals surface area contributed by atoms with Gasteiger partial charge in [-0.15, -0.1) is 0 Å². The van der Waals surface area contributed by atoms with E-state index in [-0.39, 0.29) is 24.9 Å². The zero-order valence-corrected chi connectivity index (χ0v) is 9.44. The number of hydrogen-bond donors (Lipinski definition) is 2. The second kappa shape index (κ2) is 5.20. The van der Waals surface area contributed by atoms with E-state index in [1.165, 1.54) is 12.1 Å². The van der Waals surface area contributed by atoms with E-state index in [1.54, 1.807) is 12.1 Å². The summed E-state index contributed by atoms with van der Waals surface area (Å²) in [5.74, 6) is 0. The minimum atomic E-state index is -1.57. The van der Waals surface area contributed by atoms with E-state index >= 15 is 0 Å². The Bertz CT molecular complexity index is 265. The molecule has 0 fully saturated rings. The Morgan fingerprint density at radius 3 is 2.25 bits per heavy atom. The molecule has 0 saturated carbocycles. The normalized spacial score (nSPS) is 8.50. The van der Waals surface area contributed by atoms with E-state index in [1.807, 2.05) is 0 Å². The van der Waals surface area contributed by atoms with Crippen LogP contribution < -0.4 is 5.46 Å². The molecule has 3 nitrogen and oxygen atoms in total. The van der Waals surface area contributed by atoms with Gasteiger partial charge in [0.1, 0.15) is 6.29 Å². The molecule has 0 saturated heterocycles. The Morgan fingerprint density at radius 1 is 1.25 bits per heavy atom. The quantitative estimate of drug-likeness (QED) is 0.500. The first-order valence-corrected chi connectivity index (χ1v) is 3.16. The fraction of sp³-hybridized carbons (Fsp3) is 0. The van der Waals surface area contributed by atoms with Crippen LogP contribution in [0.25, 0.3) is 0 Å². The topological polar surface area (TPSA) is 57.5 Å². The summed E-state index contributed by atoms with van der Waals surface area (Å²) in [7, 11) is -1.57. The van der Waals surface area contributed by atoms with Gasteiger partial charge < -0.3 is 10.0 Å². The summed E-state index contributed by atoms with van der Waals surface area (Å²) in [5, 5.41) is 17.5. The summed E-state index contributed by atoms with van der Waals surface area (Å²) in [5.41, 5.74) is 0.546. The third-order valence-corrected chi connectivity index (χ3v) is 1.40. The Balaban J connectivity index is 0.00000121. The Morgan fingerprint density at radius 2 is 1.83 bits per heavy atom. The van der Waals surface area contributed by atoms with Crippen LogP contribution in [-0.2, 0) is 19.5 Å². The molecule has 5 heteroatoms. The predicted molar refractivity (Wildman–Crippen MR) is 41.7 cm³/mol. The fourth-order valence-electron chi connectivity index (χ4n) is 0.853. The van der Waals surface area contributed by atoms with Crippen LogP contribution in [0.1, 0.15) is 10.4 Å². The van der Waals surface area contributed by atoms with Crippen LogP contribution in [0, 0.1) is 0 Å². The zero-order valence-electron chi connectivity index (χ0n) is 6.47. The molecular weight excluding hydrogens is 208 g/mol. The molecule has 0 unspecified atom stereocenters. The minimum absolute atomic E-state index is 0. The molecule has 1 rings (SSSR count). The standard InChI is InChI=1S/C7H7BO3.Zn/c9-5-6-3-1-2-4-7(6)8(10)11;/h1-5,10-11H;. The number of carbonyl (C=O) groups excluding carboxylic acids is 1. The SMILES string of the molecule is O=Cc1ccccc1B(O)O.[Zn]. The first-order chi connectivity index (χ1) is 5.25. The molecule has 1 aromatic carbocycles. The molecular formula is C7H7BO3Zn. The molecule has 12 heavy (non-hydrogen) atoms. The van der Waals surface area contributed by atoms with Gasteiger partial charge in [-0.1, -0.05) is 24.3 Å². The Labute approximate surface area is 83.3 Å². The third-order valence-electron chi connectivity index (χ3n) is 1.40. The summed E-state index contributed by atoms with van der Waals surface area (Å²) >= 11 is 0. The summed E-state index contributed by atoms with van der Waals surface area (Å²) in [4.78, 5) is 10.3. The van der Waals surface area contributed by atoms with Crippen molar-refractivity contribution in [3.05, 3.63) is 29.8 Å². The van der Waals surface area contributed by atoms with Gasteiger partial charge in [-0.2, -0.15) is 0 Å². The van der Waals surface area contributed by atoms with Crippen LogP contribution >= 0.6 is 0 Å². The second-order valence-electron chi connectivity index (χ2n) is 2.12. The molecule has 1 aromatic rings. The maximum Gasteiger partial charge on any atom is 0.489 e. The largest absolute Gasteiger partial charge is 0.489 e. The molecule has 58 valence electrons. The van der Waals surface area contributed by atoms with Crippen molar-refractivity contribution in [2.75, 3.05) is 0 Å². The first-order valence-electron chi connectivity index (χ1n) is 3.16. The molecule has 0 aliphatic rings. The maximum atomic E-state index is 10.3. The van der Waals surface area contributed by atoms with Gasteiger partial charge in [0, 0.05) is 25.0 Å². The van der Waals surface area contributed by atoms with Crippen LogP contribution in [-0.4, -0.2) is 23.5 Å². The third kappa shape index (κ3) is 2.52. The van der Waals surface area contributed by atoms with Crippen molar-refractivity contribution in [2.24, 2.45) is 0 Å². The van der Waals surface area contributed by atoms with Crippen LogP contribution in [0.15, 0.2) is 24.3 Å². The van der Waals surface area contributed by atoms with Gasteiger partial charge >= 0.3 is 7.12 Å². The van der Waals surface area contributed by atoms with Crippen LogP contribution in [0.2, 0.25) is 0 Å². The molecule has 2 N–H and O–H groups in total. The van der Waals surface area contributed by atoms with Gasteiger partial charge in [0.2, 0.25) is 0 Å². The number of rotatable bonds is 2. The van der Waals surface area contributed by atoms with Crippen molar-refractivity contribution < 1.29 is 34.3 Å². The van der Waals surface area contributed by atoms with E-state index in [0.29, 0.717) is 11.8 Å². The monoisotopic (exact) mass is 214 g/mol. The average Bonchev–Trinajstić information content (AvgIpc) is 2.04. The maximum absolute atomic E-state index is 10.3. The smallest absolute Gasteiger partial charge is 0.423 e. The Hall–Kier alpha value is -0.502. The van der Waals surface area contributed by atoms with Crippen LogP contribution in [0.5, 0.6) is 0 Å². The molecule has 0 heterocycles. The van der Waals surface area contributed by atoms with Crippen molar-refractivity contribution in [1.82, 2.24) is 0 Å². The van der Waals surface area contributed by atoms with Crippen molar-refractivity contribution >= 4 is 18.9 Å². The van der Waals surface area contributed by atoms with E-state index in [0.717, 1.165) is 0 Å². The molecule has 0 bridgehead atoms. The average molecular weight is 215 g/mol. The summed E-state index contributed by atoms with van der Waals surface area (Å²) < 4.78 is 0. The van der Waals surface area contributed by atoms with Crippen molar-refractivity contribution in [3.63, 3.8) is 0 Å². The number of carbonyl (C=O) groups is 1. The molecule has 0 spiro atoms. The molecule has 0 aliphatic heterocycles. The second-order valence-corrected chi connectivity index (χ2v) is 2.12. The van der Waals surface area contributed by atoms with E-state index in [2.05, 4.69) is 0 Å². The van der Waals surface area contributed by atoms with Gasteiger partial charge in [0.15, 0.2) is 0 Å². The molecule has 0 aliphatic carbocycles. The molecule has 0 aromatic heterocycles.